The fourth-order valence-corrected chi connectivity index (χ4v) is 2.92. The summed E-state index contributed by atoms with van der Waals surface area (Å²) in [7, 11) is 1.51. The van der Waals surface area contributed by atoms with Crippen LogP contribution in [0.25, 0.3) is 0 Å². The highest BCUT2D eigenvalue weighted by molar-refractivity contribution is 7.99. The molecule has 2 aromatic carbocycles. The zero-order valence-electron chi connectivity index (χ0n) is 12.1. The molecule has 1 unspecified atom stereocenters. The van der Waals surface area contributed by atoms with Crippen LogP contribution in [0.3, 0.4) is 0 Å². The van der Waals surface area contributed by atoms with Crippen molar-refractivity contribution >= 4 is 11.8 Å². The van der Waals surface area contributed by atoms with E-state index < -0.39 is 0 Å². The Morgan fingerprint density at radius 2 is 1.95 bits per heavy atom. The Hall–Kier alpha value is -1.56. The Balaban J connectivity index is 2.07. The van der Waals surface area contributed by atoms with Crippen molar-refractivity contribution in [3.63, 3.8) is 0 Å². The maximum Gasteiger partial charge on any atom is 0.131 e. The second-order valence-electron chi connectivity index (χ2n) is 4.73. The normalized spacial score (nSPS) is 12.2. The molecule has 5 heteroatoms. The molecule has 0 aliphatic carbocycles. The van der Waals surface area contributed by atoms with Crippen LogP contribution in [-0.4, -0.2) is 12.9 Å². The number of hydrazine groups is 1. The molecule has 112 valence electrons. The van der Waals surface area contributed by atoms with Crippen molar-refractivity contribution in [3.05, 3.63) is 59.4 Å². The smallest absolute Gasteiger partial charge is 0.131 e. The van der Waals surface area contributed by atoms with E-state index >= 15 is 0 Å². The van der Waals surface area contributed by atoms with E-state index in [1.165, 1.54) is 18.7 Å². The van der Waals surface area contributed by atoms with Crippen LogP contribution >= 0.6 is 11.8 Å². The van der Waals surface area contributed by atoms with Gasteiger partial charge in [-0.2, -0.15) is 0 Å². The summed E-state index contributed by atoms with van der Waals surface area (Å²) < 4.78 is 19.1. The molecule has 3 nitrogen and oxygen atoms in total. The van der Waals surface area contributed by atoms with Crippen LogP contribution in [0.4, 0.5) is 4.39 Å². The highest BCUT2D eigenvalue weighted by atomic mass is 32.2. The number of nitrogens with one attached hydrogen (secondary N) is 1. The molecule has 1 atom stereocenters. The van der Waals surface area contributed by atoms with Gasteiger partial charge in [0.2, 0.25) is 0 Å². The van der Waals surface area contributed by atoms with E-state index in [9.17, 15) is 4.39 Å². The number of rotatable bonds is 6. The average molecular weight is 306 g/mol. The van der Waals surface area contributed by atoms with E-state index in [1.807, 2.05) is 6.92 Å². The molecule has 0 spiro atoms. The summed E-state index contributed by atoms with van der Waals surface area (Å²) >= 11 is 1.63. The maximum atomic E-state index is 14.1. The lowest BCUT2D eigenvalue weighted by atomic mass is 10.1. The van der Waals surface area contributed by atoms with Gasteiger partial charge in [-0.3, -0.25) is 11.3 Å². The van der Waals surface area contributed by atoms with Crippen LogP contribution in [0.5, 0.6) is 5.75 Å². The van der Waals surface area contributed by atoms with Gasteiger partial charge in [0.15, 0.2) is 0 Å². The third kappa shape index (κ3) is 4.20. The van der Waals surface area contributed by atoms with Crippen molar-refractivity contribution in [1.82, 2.24) is 5.43 Å². The quantitative estimate of drug-likeness (QED) is 0.487. The molecule has 0 heterocycles. The number of methoxy groups -OCH3 is 1. The molecule has 0 radical (unpaired) electrons. The lowest BCUT2D eigenvalue weighted by molar-refractivity contribution is 0.409. The summed E-state index contributed by atoms with van der Waals surface area (Å²) in [6.07, 6.45) is 0. The number of halogens is 1. The Labute approximate surface area is 128 Å². The molecule has 0 aromatic heterocycles. The van der Waals surface area contributed by atoms with Crippen molar-refractivity contribution in [2.75, 3.05) is 12.9 Å². The first-order valence-corrected chi connectivity index (χ1v) is 7.61. The number of hydrogen-bond donors (Lipinski definition) is 2. The summed E-state index contributed by atoms with van der Waals surface area (Å²) in [5.41, 5.74) is 4.43. The number of benzene rings is 2. The first kappa shape index (κ1) is 15.8. The summed E-state index contributed by atoms with van der Waals surface area (Å²) in [5, 5.41) is 0. The summed E-state index contributed by atoms with van der Waals surface area (Å²) in [4.78, 5) is 1.13. The van der Waals surface area contributed by atoms with Crippen molar-refractivity contribution < 1.29 is 9.13 Å². The van der Waals surface area contributed by atoms with Gasteiger partial charge >= 0.3 is 0 Å². The Morgan fingerprint density at radius 3 is 2.52 bits per heavy atom. The summed E-state index contributed by atoms with van der Waals surface area (Å²) in [6.45, 7) is 2.05. The Kier molecular flexibility index (Phi) is 5.61. The first-order valence-electron chi connectivity index (χ1n) is 6.63. The molecule has 0 bridgehead atoms. The molecular formula is C16H19FN2OS. The topological polar surface area (TPSA) is 47.3 Å². The van der Waals surface area contributed by atoms with Gasteiger partial charge in [-0.15, -0.1) is 11.8 Å². The molecule has 0 fully saturated rings. The van der Waals surface area contributed by atoms with Gasteiger partial charge in [0, 0.05) is 22.3 Å². The van der Waals surface area contributed by atoms with Crippen molar-refractivity contribution in [1.29, 1.82) is 0 Å². The molecule has 21 heavy (non-hydrogen) atoms. The van der Waals surface area contributed by atoms with E-state index in [0.717, 1.165) is 4.90 Å². The molecule has 2 rings (SSSR count). The largest absolute Gasteiger partial charge is 0.497 e. The van der Waals surface area contributed by atoms with E-state index in [-0.39, 0.29) is 11.9 Å². The van der Waals surface area contributed by atoms with Crippen LogP contribution in [0.2, 0.25) is 0 Å². The van der Waals surface area contributed by atoms with E-state index in [2.05, 4.69) is 29.7 Å². The van der Waals surface area contributed by atoms with Gasteiger partial charge < -0.3 is 4.74 Å². The summed E-state index contributed by atoms with van der Waals surface area (Å²) in [5.74, 6) is 6.39. The van der Waals surface area contributed by atoms with Crippen molar-refractivity contribution in [2.45, 2.75) is 17.9 Å². The van der Waals surface area contributed by atoms with Gasteiger partial charge in [0.05, 0.1) is 13.2 Å². The van der Waals surface area contributed by atoms with E-state index in [1.54, 1.807) is 23.9 Å². The minimum Gasteiger partial charge on any atom is -0.497 e. The SMILES string of the molecule is COc1ccc(C(CSc2ccc(C)cc2)NN)c(F)c1. The van der Waals surface area contributed by atoms with Crippen molar-refractivity contribution in [3.8, 4) is 5.75 Å². The molecule has 0 saturated heterocycles. The van der Waals surface area contributed by atoms with Crippen LogP contribution in [0, 0.1) is 12.7 Å². The zero-order valence-corrected chi connectivity index (χ0v) is 12.9. The lowest BCUT2D eigenvalue weighted by Crippen LogP contribution is -2.30. The van der Waals surface area contributed by atoms with E-state index in [0.29, 0.717) is 17.1 Å². The molecule has 2 aromatic rings. The predicted octanol–water partition coefficient (Wildman–Crippen LogP) is 3.44. The number of ether oxygens (including phenoxy) is 1. The predicted molar refractivity (Wildman–Crippen MR) is 84.9 cm³/mol. The van der Waals surface area contributed by atoms with Gasteiger partial charge in [0.25, 0.3) is 0 Å². The number of nitrogens with two attached hydrogens (primary N) is 1. The Morgan fingerprint density at radius 1 is 1.24 bits per heavy atom. The van der Waals surface area contributed by atoms with Crippen LogP contribution in [0.1, 0.15) is 17.2 Å². The average Bonchev–Trinajstić information content (AvgIpc) is 2.50. The fourth-order valence-electron chi connectivity index (χ4n) is 1.96. The van der Waals surface area contributed by atoms with Crippen LogP contribution < -0.4 is 16.0 Å². The third-order valence-corrected chi connectivity index (χ3v) is 4.33. The third-order valence-electron chi connectivity index (χ3n) is 3.22. The van der Waals surface area contributed by atoms with Gasteiger partial charge in [-0.25, -0.2) is 4.39 Å². The number of thioether (sulfide) groups is 1. The monoisotopic (exact) mass is 306 g/mol. The lowest BCUT2D eigenvalue weighted by Gasteiger charge is -2.17. The number of aryl methyl sites for hydroxylation is 1. The van der Waals surface area contributed by atoms with Gasteiger partial charge in [0.1, 0.15) is 11.6 Å². The summed E-state index contributed by atoms with van der Waals surface area (Å²) in [6, 6.07) is 12.8. The minimum atomic E-state index is -0.318. The highest BCUT2D eigenvalue weighted by Gasteiger charge is 2.15. The first-order chi connectivity index (χ1) is 10.1. The molecular weight excluding hydrogens is 287 g/mol. The molecule has 0 saturated carbocycles. The molecule has 0 amide bonds. The molecule has 0 aliphatic heterocycles. The van der Waals surface area contributed by atoms with Gasteiger partial charge in [-0.1, -0.05) is 23.8 Å². The zero-order chi connectivity index (χ0) is 15.2. The van der Waals surface area contributed by atoms with Gasteiger partial charge in [-0.05, 0) is 25.1 Å². The van der Waals surface area contributed by atoms with E-state index in [4.69, 9.17) is 10.6 Å². The highest BCUT2D eigenvalue weighted by Crippen LogP contribution is 2.27. The second-order valence-corrected chi connectivity index (χ2v) is 5.82. The molecule has 0 aliphatic rings. The maximum absolute atomic E-state index is 14.1. The Bertz CT molecular complexity index is 589. The second kappa shape index (κ2) is 7.45. The van der Waals surface area contributed by atoms with Crippen LogP contribution in [0.15, 0.2) is 47.4 Å². The minimum absolute atomic E-state index is 0.262. The standard InChI is InChI=1S/C16H19FN2OS/c1-11-3-6-13(7-4-11)21-10-16(19-18)14-8-5-12(20-2)9-15(14)17/h3-9,16,19H,10,18H2,1-2H3. The van der Waals surface area contributed by atoms with Crippen LogP contribution in [-0.2, 0) is 0 Å². The number of hydrogen-bond acceptors (Lipinski definition) is 4. The van der Waals surface area contributed by atoms with Crippen molar-refractivity contribution in [2.24, 2.45) is 5.84 Å². The fraction of sp³-hybridized carbons (Fsp3) is 0.250. The molecule has 3 N–H and O–H groups in total.